The highest BCUT2D eigenvalue weighted by Crippen LogP contribution is 2.29. The fourth-order valence-electron chi connectivity index (χ4n) is 1.99. The van der Waals surface area contributed by atoms with Crippen LogP contribution in [0, 0.1) is 0 Å². The summed E-state index contributed by atoms with van der Waals surface area (Å²) >= 11 is 1.98. The Morgan fingerprint density at radius 1 is 1.47 bits per heavy atom. The molecule has 0 bridgehead atoms. The molecular formula is C12H24N2O2S. The first-order valence-electron chi connectivity index (χ1n) is 6.29. The van der Waals surface area contributed by atoms with E-state index in [2.05, 4.69) is 17.6 Å². The molecule has 0 heterocycles. The molecule has 5 heteroatoms. The van der Waals surface area contributed by atoms with E-state index >= 15 is 0 Å². The number of hydrogen-bond acceptors (Lipinski definition) is 3. The summed E-state index contributed by atoms with van der Waals surface area (Å²) in [4.78, 5) is 11.6. The summed E-state index contributed by atoms with van der Waals surface area (Å²) < 4.78 is 0. The molecule has 0 aliphatic heterocycles. The maximum Gasteiger partial charge on any atom is 0.315 e. The van der Waals surface area contributed by atoms with Crippen LogP contribution in [0.15, 0.2) is 0 Å². The summed E-state index contributed by atoms with van der Waals surface area (Å²) in [5, 5.41) is 15.8. The van der Waals surface area contributed by atoms with E-state index in [9.17, 15) is 9.90 Å². The lowest BCUT2D eigenvalue weighted by atomic mass is 10.1. The number of carbonyl (C=O) groups is 1. The van der Waals surface area contributed by atoms with Crippen LogP contribution in [-0.2, 0) is 0 Å². The molecule has 0 radical (unpaired) electrons. The van der Waals surface area contributed by atoms with Gasteiger partial charge >= 0.3 is 6.03 Å². The van der Waals surface area contributed by atoms with Gasteiger partial charge in [0.05, 0.1) is 5.60 Å². The second-order valence-corrected chi connectivity index (χ2v) is 6.80. The van der Waals surface area contributed by atoms with Crippen LogP contribution in [-0.4, -0.2) is 40.3 Å². The van der Waals surface area contributed by atoms with Crippen LogP contribution in [0.3, 0.4) is 0 Å². The first-order chi connectivity index (χ1) is 7.90. The number of carbonyl (C=O) groups excluding carboxylic acids is 1. The average Bonchev–Trinajstić information content (AvgIpc) is 2.62. The molecule has 1 fully saturated rings. The van der Waals surface area contributed by atoms with Gasteiger partial charge in [0.2, 0.25) is 0 Å². The lowest BCUT2D eigenvalue weighted by Gasteiger charge is -2.19. The van der Waals surface area contributed by atoms with Crippen molar-refractivity contribution < 1.29 is 9.90 Å². The van der Waals surface area contributed by atoms with Gasteiger partial charge in [0.25, 0.3) is 0 Å². The molecule has 1 aliphatic carbocycles. The molecule has 0 saturated heterocycles. The largest absolute Gasteiger partial charge is 0.389 e. The second kappa shape index (κ2) is 6.50. The fraction of sp³-hybridized carbons (Fsp3) is 0.917. The van der Waals surface area contributed by atoms with Crippen LogP contribution >= 0.6 is 11.8 Å². The van der Waals surface area contributed by atoms with Crippen molar-refractivity contribution in [2.75, 3.05) is 12.3 Å². The summed E-state index contributed by atoms with van der Waals surface area (Å²) in [6.45, 7) is 5.80. The number of thioether (sulfide) groups is 1. The Morgan fingerprint density at radius 2 is 2.18 bits per heavy atom. The third-order valence-corrected chi connectivity index (χ3v) is 4.04. The van der Waals surface area contributed by atoms with Gasteiger partial charge in [-0.05, 0) is 38.9 Å². The van der Waals surface area contributed by atoms with Gasteiger partial charge in [0.15, 0.2) is 0 Å². The van der Waals surface area contributed by atoms with Crippen molar-refractivity contribution in [2.45, 2.75) is 56.9 Å². The Bertz CT molecular complexity index is 253. The number of hydrogen-bond donors (Lipinski definition) is 3. The summed E-state index contributed by atoms with van der Waals surface area (Å²) in [7, 11) is 0. The van der Waals surface area contributed by atoms with Crippen molar-refractivity contribution >= 4 is 17.8 Å². The maximum absolute atomic E-state index is 11.6. The lowest BCUT2D eigenvalue weighted by Crippen LogP contribution is -2.46. The molecule has 1 rings (SSSR count). The molecule has 3 N–H and O–H groups in total. The number of rotatable bonds is 5. The van der Waals surface area contributed by atoms with Crippen molar-refractivity contribution in [3.8, 4) is 0 Å². The van der Waals surface area contributed by atoms with E-state index in [1.165, 1.54) is 6.42 Å². The maximum atomic E-state index is 11.6. The zero-order chi connectivity index (χ0) is 12.9. The molecule has 4 nitrogen and oxygen atoms in total. The Morgan fingerprint density at radius 3 is 2.76 bits per heavy atom. The van der Waals surface area contributed by atoms with Crippen molar-refractivity contribution in [3.63, 3.8) is 0 Å². The Kier molecular flexibility index (Phi) is 5.59. The zero-order valence-corrected chi connectivity index (χ0v) is 11.8. The summed E-state index contributed by atoms with van der Waals surface area (Å²) in [6.07, 6.45) is 3.32. The highest BCUT2D eigenvalue weighted by atomic mass is 32.2. The minimum atomic E-state index is -0.854. The van der Waals surface area contributed by atoms with Crippen LogP contribution in [0.2, 0.25) is 0 Å². The normalized spacial score (nSPS) is 24.7. The molecule has 2 atom stereocenters. The molecule has 0 aromatic heterocycles. The molecule has 0 aromatic carbocycles. The fourth-order valence-corrected chi connectivity index (χ4v) is 3.13. The van der Waals surface area contributed by atoms with Crippen LogP contribution < -0.4 is 10.6 Å². The second-order valence-electron chi connectivity index (χ2n) is 5.23. The van der Waals surface area contributed by atoms with Gasteiger partial charge in [-0.2, -0.15) is 11.8 Å². The van der Waals surface area contributed by atoms with Gasteiger partial charge < -0.3 is 15.7 Å². The summed E-state index contributed by atoms with van der Waals surface area (Å²) in [6, 6.07) is 0.125. The van der Waals surface area contributed by atoms with E-state index in [4.69, 9.17) is 0 Å². The quantitative estimate of drug-likeness (QED) is 0.705. The number of amides is 2. The van der Waals surface area contributed by atoms with Crippen molar-refractivity contribution in [1.82, 2.24) is 10.6 Å². The smallest absolute Gasteiger partial charge is 0.315 e. The van der Waals surface area contributed by atoms with Crippen LogP contribution in [0.1, 0.15) is 40.0 Å². The number of aliphatic hydroxyl groups is 1. The number of nitrogens with one attached hydrogen (secondary N) is 2. The SMILES string of the molecule is CCSC1CCC(NC(=O)NCC(C)(C)O)C1. The highest BCUT2D eigenvalue weighted by Gasteiger charge is 2.26. The molecule has 17 heavy (non-hydrogen) atoms. The average molecular weight is 260 g/mol. The van der Waals surface area contributed by atoms with Crippen molar-refractivity contribution in [1.29, 1.82) is 0 Å². The molecule has 100 valence electrons. The number of urea groups is 1. The van der Waals surface area contributed by atoms with Crippen LogP contribution in [0.4, 0.5) is 4.79 Å². The van der Waals surface area contributed by atoms with Gasteiger partial charge in [-0.1, -0.05) is 6.92 Å². The van der Waals surface area contributed by atoms with E-state index in [-0.39, 0.29) is 12.6 Å². The first kappa shape index (κ1) is 14.6. The van der Waals surface area contributed by atoms with Gasteiger partial charge in [-0.3, -0.25) is 0 Å². The van der Waals surface area contributed by atoms with Gasteiger partial charge in [-0.25, -0.2) is 4.79 Å². The minimum Gasteiger partial charge on any atom is -0.389 e. The van der Waals surface area contributed by atoms with Gasteiger partial charge in [0.1, 0.15) is 0 Å². The molecule has 2 amide bonds. The predicted octanol–water partition coefficient (Wildman–Crippen LogP) is 1.73. The van der Waals surface area contributed by atoms with Gasteiger partial charge in [-0.15, -0.1) is 0 Å². The predicted molar refractivity (Wildman–Crippen MR) is 72.4 cm³/mol. The standard InChI is InChI=1S/C12H24N2O2S/c1-4-17-10-6-5-9(7-10)14-11(15)13-8-12(2,3)16/h9-10,16H,4-8H2,1-3H3,(H2,13,14,15). The third-order valence-electron chi connectivity index (χ3n) is 2.80. The van der Waals surface area contributed by atoms with E-state index in [1.54, 1.807) is 13.8 Å². The minimum absolute atomic E-state index is 0.167. The Labute approximate surface area is 108 Å². The van der Waals surface area contributed by atoms with Gasteiger partial charge in [0, 0.05) is 17.8 Å². The van der Waals surface area contributed by atoms with E-state index in [1.807, 2.05) is 11.8 Å². The molecule has 1 aliphatic rings. The first-order valence-corrected chi connectivity index (χ1v) is 7.34. The van der Waals surface area contributed by atoms with E-state index in [0.29, 0.717) is 11.3 Å². The lowest BCUT2D eigenvalue weighted by molar-refractivity contribution is 0.0817. The molecule has 0 aromatic rings. The topological polar surface area (TPSA) is 61.4 Å². The van der Waals surface area contributed by atoms with E-state index < -0.39 is 5.60 Å². The summed E-state index contributed by atoms with van der Waals surface area (Å²) in [5.74, 6) is 1.14. The highest BCUT2D eigenvalue weighted by molar-refractivity contribution is 7.99. The summed E-state index contributed by atoms with van der Waals surface area (Å²) in [5.41, 5.74) is -0.854. The van der Waals surface area contributed by atoms with Crippen LogP contribution in [0.25, 0.3) is 0 Å². The van der Waals surface area contributed by atoms with Crippen LogP contribution in [0.5, 0.6) is 0 Å². The van der Waals surface area contributed by atoms with E-state index in [0.717, 1.165) is 18.6 Å². The molecule has 2 unspecified atom stereocenters. The zero-order valence-electron chi connectivity index (χ0n) is 11.0. The molecule has 1 saturated carbocycles. The van der Waals surface area contributed by atoms with Crippen molar-refractivity contribution in [3.05, 3.63) is 0 Å². The Balaban J connectivity index is 2.19. The van der Waals surface area contributed by atoms with Crippen molar-refractivity contribution in [2.24, 2.45) is 0 Å². The molecular weight excluding hydrogens is 236 g/mol. The molecule has 0 spiro atoms. The third kappa shape index (κ3) is 6.17. The monoisotopic (exact) mass is 260 g/mol. The Hall–Kier alpha value is -0.420.